The van der Waals surface area contributed by atoms with Gasteiger partial charge in [-0.15, -0.1) is 0 Å². The van der Waals surface area contributed by atoms with Crippen molar-refractivity contribution in [2.24, 2.45) is 0 Å². The molecule has 1 aliphatic carbocycles. The van der Waals surface area contributed by atoms with E-state index in [1.165, 1.54) is 6.33 Å². The van der Waals surface area contributed by atoms with E-state index in [0.717, 1.165) is 25.7 Å². The van der Waals surface area contributed by atoms with Crippen LogP contribution in [-0.2, 0) is 4.74 Å². The summed E-state index contributed by atoms with van der Waals surface area (Å²) >= 11 is 0. The van der Waals surface area contributed by atoms with Crippen molar-refractivity contribution in [1.82, 2.24) is 9.97 Å². The number of ether oxygens (including phenoxy) is 2. The second kappa shape index (κ2) is 5.73. The summed E-state index contributed by atoms with van der Waals surface area (Å²) in [4.78, 5) is 18.4. The first-order chi connectivity index (χ1) is 10.2. The molecular weight excluding hydrogens is 270 g/mol. The van der Waals surface area contributed by atoms with Gasteiger partial charge in [-0.1, -0.05) is 0 Å². The van der Waals surface area contributed by atoms with Crippen LogP contribution >= 0.6 is 0 Å². The van der Waals surface area contributed by atoms with Crippen molar-refractivity contribution < 1.29 is 9.47 Å². The molecule has 3 N–H and O–H groups in total. The van der Waals surface area contributed by atoms with E-state index in [1.54, 1.807) is 19.2 Å². The number of hydrogen-bond acceptors (Lipinski definition) is 5. The third-order valence-electron chi connectivity index (χ3n) is 3.98. The Hall–Kier alpha value is -2.08. The van der Waals surface area contributed by atoms with Crippen molar-refractivity contribution in [2.45, 2.75) is 37.9 Å². The topological polar surface area (TPSA) is 90.2 Å². The molecular formula is C15H19N3O3. The van der Waals surface area contributed by atoms with Crippen molar-refractivity contribution in [2.75, 3.05) is 12.8 Å². The predicted molar refractivity (Wildman–Crippen MR) is 80.5 cm³/mol. The molecule has 0 radical (unpaired) electrons. The minimum atomic E-state index is -0.199. The van der Waals surface area contributed by atoms with Gasteiger partial charge in [0, 0.05) is 19.6 Å². The van der Waals surface area contributed by atoms with Crippen molar-refractivity contribution in [3.05, 3.63) is 28.8 Å². The number of aromatic amines is 1. The van der Waals surface area contributed by atoms with Crippen LogP contribution in [-0.4, -0.2) is 29.3 Å². The molecule has 0 amide bonds. The Morgan fingerprint density at radius 3 is 2.95 bits per heavy atom. The second-order valence-corrected chi connectivity index (χ2v) is 5.40. The maximum Gasteiger partial charge on any atom is 0.258 e. The molecule has 112 valence electrons. The number of methoxy groups -OCH3 is 1. The molecule has 0 saturated heterocycles. The van der Waals surface area contributed by atoms with Crippen LogP contribution in [0.15, 0.2) is 23.3 Å². The number of rotatable bonds is 3. The lowest BCUT2D eigenvalue weighted by molar-refractivity contribution is 0.0212. The fourth-order valence-electron chi connectivity index (χ4n) is 2.82. The number of H-pyrrole nitrogens is 1. The Kier molecular flexibility index (Phi) is 3.79. The summed E-state index contributed by atoms with van der Waals surface area (Å²) in [6.07, 6.45) is 5.70. The van der Waals surface area contributed by atoms with Crippen LogP contribution in [0.5, 0.6) is 5.75 Å². The van der Waals surface area contributed by atoms with Gasteiger partial charge < -0.3 is 20.2 Å². The average molecular weight is 289 g/mol. The molecule has 1 fully saturated rings. The van der Waals surface area contributed by atoms with Crippen molar-refractivity contribution in [1.29, 1.82) is 0 Å². The minimum Gasteiger partial charge on any atom is -0.488 e. The molecule has 1 aromatic carbocycles. The van der Waals surface area contributed by atoms with E-state index in [9.17, 15) is 4.79 Å². The van der Waals surface area contributed by atoms with Crippen LogP contribution in [0.1, 0.15) is 25.7 Å². The number of nitrogen functional groups attached to an aromatic ring is 1. The van der Waals surface area contributed by atoms with Crippen LogP contribution in [0.25, 0.3) is 10.9 Å². The maximum absolute atomic E-state index is 11.7. The minimum absolute atomic E-state index is 0.0884. The quantitative estimate of drug-likeness (QED) is 0.841. The highest BCUT2D eigenvalue weighted by atomic mass is 16.5. The molecule has 1 aromatic heterocycles. The number of benzene rings is 1. The number of nitrogens with two attached hydrogens (primary N) is 1. The summed E-state index contributed by atoms with van der Waals surface area (Å²) in [5.41, 5.74) is 6.85. The lowest BCUT2D eigenvalue weighted by Crippen LogP contribution is -2.29. The lowest BCUT2D eigenvalue weighted by atomic mass is 9.95. The highest BCUT2D eigenvalue weighted by Crippen LogP contribution is 2.30. The summed E-state index contributed by atoms with van der Waals surface area (Å²) in [5, 5.41) is 0.473. The van der Waals surface area contributed by atoms with Gasteiger partial charge in [-0.3, -0.25) is 4.79 Å². The number of aromatic nitrogens is 2. The van der Waals surface area contributed by atoms with Gasteiger partial charge in [-0.05, 0) is 25.3 Å². The largest absolute Gasteiger partial charge is 0.488 e. The van der Waals surface area contributed by atoms with Gasteiger partial charge in [-0.2, -0.15) is 0 Å². The SMILES string of the molecule is COC1CCCC(Oc2cc3nc[nH]c(=O)c3cc2N)C1. The molecule has 0 spiro atoms. The van der Waals surface area contributed by atoms with Gasteiger partial charge in [0.05, 0.1) is 29.0 Å². The maximum atomic E-state index is 11.7. The van der Waals surface area contributed by atoms with Crippen molar-refractivity contribution in [3.63, 3.8) is 0 Å². The van der Waals surface area contributed by atoms with E-state index in [1.807, 2.05) is 0 Å². The Morgan fingerprint density at radius 2 is 2.14 bits per heavy atom. The Balaban J connectivity index is 1.87. The monoisotopic (exact) mass is 289 g/mol. The summed E-state index contributed by atoms with van der Waals surface area (Å²) in [6, 6.07) is 3.35. The predicted octanol–water partition coefficient (Wildman–Crippen LogP) is 1.84. The van der Waals surface area contributed by atoms with Crippen molar-refractivity contribution >= 4 is 16.6 Å². The van der Waals surface area contributed by atoms with Gasteiger partial charge in [0.15, 0.2) is 0 Å². The first-order valence-corrected chi connectivity index (χ1v) is 7.13. The zero-order valence-electron chi connectivity index (χ0n) is 12.0. The molecule has 2 aromatic rings. The molecule has 1 saturated carbocycles. The summed E-state index contributed by atoms with van der Waals surface area (Å²) in [7, 11) is 1.73. The van der Waals surface area contributed by atoms with E-state index < -0.39 is 0 Å². The smallest absolute Gasteiger partial charge is 0.258 e. The third-order valence-corrected chi connectivity index (χ3v) is 3.98. The Morgan fingerprint density at radius 1 is 1.33 bits per heavy atom. The molecule has 21 heavy (non-hydrogen) atoms. The highest BCUT2D eigenvalue weighted by molar-refractivity contribution is 5.84. The summed E-state index contributed by atoms with van der Waals surface area (Å²) in [6.45, 7) is 0. The normalized spacial score (nSPS) is 22.3. The molecule has 6 heteroatoms. The fourth-order valence-corrected chi connectivity index (χ4v) is 2.82. The molecule has 2 unspecified atom stereocenters. The molecule has 0 aliphatic heterocycles. The van der Waals surface area contributed by atoms with E-state index >= 15 is 0 Å². The standard InChI is InChI=1S/C15H19N3O3/c1-20-9-3-2-4-10(5-9)21-14-7-13-11(6-12(14)16)15(19)18-8-17-13/h6-10H,2-5,16H2,1H3,(H,17,18,19). The third kappa shape index (κ3) is 2.85. The van der Waals surface area contributed by atoms with Gasteiger partial charge in [0.1, 0.15) is 11.9 Å². The first-order valence-electron chi connectivity index (χ1n) is 7.13. The highest BCUT2D eigenvalue weighted by Gasteiger charge is 2.23. The molecule has 1 heterocycles. The number of nitrogens with zero attached hydrogens (tertiary/aromatic N) is 1. The lowest BCUT2D eigenvalue weighted by Gasteiger charge is -2.29. The number of anilines is 1. The molecule has 1 aliphatic rings. The van der Waals surface area contributed by atoms with Crippen LogP contribution in [0, 0.1) is 0 Å². The fraction of sp³-hybridized carbons (Fsp3) is 0.467. The molecule has 0 bridgehead atoms. The second-order valence-electron chi connectivity index (χ2n) is 5.40. The van der Waals surface area contributed by atoms with Gasteiger partial charge >= 0.3 is 0 Å². The Bertz CT molecular complexity index is 698. The number of fused-ring (bicyclic) bond motifs is 1. The van der Waals surface area contributed by atoms with Gasteiger partial charge in [0.25, 0.3) is 5.56 Å². The first kappa shape index (κ1) is 13.9. The van der Waals surface area contributed by atoms with E-state index in [4.69, 9.17) is 15.2 Å². The van der Waals surface area contributed by atoms with Crippen LogP contribution < -0.4 is 16.0 Å². The van der Waals surface area contributed by atoms with Gasteiger partial charge in [-0.25, -0.2) is 4.98 Å². The van der Waals surface area contributed by atoms with E-state index in [2.05, 4.69) is 9.97 Å². The van der Waals surface area contributed by atoms with Crippen LogP contribution in [0.3, 0.4) is 0 Å². The van der Waals surface area contributed by atoms with Crippen LogP contribution in [0.4, 0.5) is 5.69 Å². The number of nitrogens with one attached hydrogen (secondary N) is 1. The zero-order valence-corrected chi connectivity index (χ0v) is 12.0. The van der Waals surface area contributed by atoms with Gasteiger partial charge in [0.2, 0.25) is 0 Å². The average Bonchev–Trinajstić information content (AvgIpc) is 2.49. The Labute approximate surface area is 122 Å². The molecule has 6 nitrogen and oxygen atoms in total. The summed E-state index contributed by atoms with van der Waals surface area (Å²) < 4.78 is 11.4. The number of hydrogen-bond donors (Lipinski definition) is 2. The van der Waals surface area contributed by atoms with Crippen molar-refractivity contribution in [3.8, 4) is 5.75 Å². The zero-order chi connectivity index (χ0) is 14.8. The molecule has 3 rings (SSSR count). The molecule has 2 atom stereocenters. The van der Waals surface area contributed by atoms with E-state index in [-0.39, 0.29) is 17.8 Å². The van der Waals surface area contributed by atoms with Crippen LogP contribution in [0.2, 0.25) is 0 Å². The summed E-state index contributed by atoms with van der Waals surface area (Å²) in [5.74, 6) is 0.586. The van der Waals surface area contributed by atoms with E-state index in [0.29, 0.717) is 22.3 Å².